The van der Waals surface area contributed by atoms with Crippen LogP contribution in [0.3, 0.4) is 0 Å². The molecular formula is C20H30ClN3O4S. The number of piperidine rings is 1. The Labute approximate surface area is 178 Å². The maximum Gasteiger partial charge on any atom is 0.243 e. The summed E-state index contributed by atoms with van der Waals surface area (Å²) in [4.78, 5) is 15.0. The normalized spacial score (nSPS) is 25.5. The molecule has 3 atom stereocenters. The van der Waals surface area contributed by atoms with Gasteiger partial charge in [0, 0.05) is 26.2 Å². The first-order chi connectivity index (χ1) is 13.7. The standard InChI is InChI=1S/C20H30ClN3O4S/c1-14-12-23(13-15(2)28-14)16(3)20(25)22-19-11-17(7-8-18(19)21)29(26,27)24-9-5-4-6-10-24/h7-8,11,14-16H,4-6,9-10,12-13H2,1-3H3,(H,22,25). The Morgan fingerprint density at radius 1 is 1.17 bits per heavy atom. The van der Waals surface area contributed by atoms with Crippen molar-refractivity contribution in [2.24, 2.45) is 0 Å². The highest BCUT2D eigenvalue weighted by Gasteiger charge is 2.30. The molecule has 2 fully saturated rings. The molecule has 1 amide bonds. The van der Waals surface area contributed by atoms with Crippen molar-refractivity contribution in [3.05, 3.63) is 23.2 Å². The van der Waals surface area contributed by atoms with Crippen LogP contribution >= 0.6 is 11.6 Å². The number of sulfonamides is 1. The van der Waals surface area contributed by atoms with Gasteiger partial charge in [0.1, 0.15) is 0 Å². The van der Waals surface area contributed by atoms with Crippen LogP contribution in [0.15, 0.2) is 23.1 Å². The van der Waals surface area contributed by atoms with Gasteiger partial charge in [-0.15, -0.1) is 0 Å². The fourth-order valence-electron chi connectivity index (χ4n) is 3.95. The van der Waals surface area contributed by atoms with Crippen molar-refractivity contribution in [2.75, 3.05) is 31.5 Å². The number of halogens is 1. The van der Waals surface area contributed by atoms with Gasteiger partial charge >= 0.3 is 0 Å². The number of nitrogens with one attached hydrogen (secondary N) is 1. The Morgan fingerprint density at radius 2 is 1.79 bits per heavy atom. The predicted octanol–water partition coefficient (Wildman–Crippen LogP) is 2.95. The number of hydrogen-bond donors (Lipinski definition) is 1. The Balaban J connectivity index is 1.75. The molecule has 0 radical (unpaired) electrons. The maximum absolute atomic E-state index is 12.9. The van der Waals surface area contributed by atoms with Crippen molar-refractivity contribution >= 4 is 33.2 Å². The van der Waals surface area contributed by atoms with E-state index in [1.807, 2.05) is 20.8 Å². The molecule has 3 unspecified atom stereocenters. The summed E-state index contributed by atoms with van der Waals surface area (Å²) in [6.45, 7) is 8.18. The number of rotatable bonds is 5. The topological polar surface area (TPSA) is 79.0 Å². The molecule has 2 aliphatic heterocycles. The van der Waals surface area contributed by atoms with Gasteiger partial charge in [-0.2, -0.15) is 4.31 Å². The average molecular weight is 444 g/mol. The number of nitrogens with zero attached hydrogens (tertiary/aromatic N) is 2. The van der Waals surface area contributed by atoms with E-state index in [2.05, 4.69) is 10.2 Å². The van der Waals surface area contributed by atoms with Crippen LogP contribution in [0.1, 0.15) is 40.0 Å². The van der Waals surface area contributed by atoms with Crippen molar-refractivity contribution in [1.29, 1.82) is 0 Å². The van der Waals surface area contributed by atoms with Crippen LogP contribution in [0, 0.1) is 0 Å². The number of anilines is 1. The smallest absolute Gasteiger partial charge is 0.243 e. The Bertz CT molecular complexity index is 832. The minimum absolute atomic E-state index is 0.0515. The van der Waals surface area contributed by atoms with Crippen LogP contribution in [0.4, 0.5) is 5.69 Å². The molecule has 3 rings (SSSR count). The molecular weight excluding hydrogens is 414 g/mol. The molecule has 0 aromatic heterocycles. The van der Waals surface area contributed by atoms with Crippen molar-refractivity contribution in [3.63, 3.8) is 0 Å². The van der Waals surface area contributed by atoms with Gasteiger partial charge < -0.3 is 10.1 Å². The van der Waals surface area contributed by atoms with Crippen molar-refractivity contribution in [3.8, 4) is 0 Å². The molecule has 162 valence electrons. The highest BCUT2D eigenvalue weighted by molar-refractivity contribution is 7.89. The third-order valence-electron chi connectivity index (χ3n) is 5.52. The zero-order valence-corrected chi connectivity index (χ0v) is 18.8. The molecule has 2 aliphatic rings. The SMILES string of the molecule is CC1CN(C(C)C(=O)Nc2cc(S(=O)(=O)N3CCCCC3)ccc2Cl)CC(C)O1. The summed E-state index contributed by atoms with van der Waals surface area (Å²) in [5, 5.41) is 3.13. The van der Waals surface area contributed by atoms with Crippen LogP contribution < -0.4 is 5.32 Å². The second-order valence-electron chi connectivity index (χ2n) is 7.98. The van der Waals surface area contributed by atoms with E-state index in [0.29, 0.717) is 36.9 Å². The van der Waals surface area contributed by atoms with E-state index in [1.165, 1.54) is 22.5 Å². The van der Waals surface area contributed by atoms with Gasteiger partial charge in [0.15, 0.2) is 0 Å². The molecule has 2 heterocycles. The van der Waals surface area contributed by atoms with E-state index in [4.69, 9.17) is 16.3 Å². The molecule has 9 heteroatoms. The second kappa shape index (κ2) is 9.31. The first-order valence-electron chi connectivity index (χ1n) is 10.2. The Hall–Kier alpha value is -1.19. The van der Waals surface area contributed by atoms with Crippen LogP contribution in [-0.2, 0) is 19.6 Å². The van der Waals surface area contributed by atoms with Crippen molar-refractivity contribution in [1.82, 2.24) is 9.21 Å². The average Bonchev–Trinajstić information content (AvgIpc) is 2.68. The minimum Gasteiger partial charge on any atom is -0.373 e. The van der Waals surface area contributed by atoms with Gasteiger partial charge in [-0.1, -0.05) is 18.0 Å². The fraction of sp³-hybridized carbons (Fsp3) is 0.650. The summed E-state index contributed by atoms with van der Waals surface area (Å²) in [7, 11) is -3.60. The number of benzene rings is 1. The first kappa shape index (κ1) is 22.5. The molecule has 0 saturated carbocycles. The number of amides is 1. The number of hydrogen-bond acceptors (Lipinski definition) is 5. The number of carbonyl (C=O) groups excluding carboxylic acids is 1. The first-order valence-corrected chi connectivity index (χ1v) is 12.0. The predicted molar refractivity (Wildman–Crippen MR) is 114 cm³/mol. The zero-order valence-electron chi connectivity index (χ0n) is 17.2. The molecule has 7 nitrogen and oxygen atoms in total. The second-order valence-corrected chi connectivity index (χ2v) is 10.3. The van der Waals surface area contributed by atoms with E-state index < -0.39 is 10.0 Å². The summed E-state index contributed by atoms with van der Waals surface area (Å²) in [6.07, 6.45) is 2.88. The van der Waals surface area contributed by atoms with E-state index >= 15 is 0 Å². The molecule has 0 spiro atoms. The zero-order chi connectivity index (χ0) is 21.2. The van der Waals surface area contributed by atoms with Crippen LogP contribution in [0.2, 0.25) is 5.02 Å². The van der Waals surface area contributed by atoms with Gasteiger partial charge in [-0.05, 0) is 51.8 Å². The van der Waals surface area contributed by atoms with Gasteiger partial charge in [-0.3, -0.25) is 9.69 Å². The van der Waals surface area contributed by atoms with E-state index in [1.54, 1.807) is 0 Å². The molecule has 0 aliphatic carbocycles. The Morgan fingerprint density at radius 3 is 2.41 bits per heavy atom. The Kier molecular flexibility index (Phi) is 7.22. The summed E-state index contributed by atoms with van der Waals surface area (Å²) in [5.41, 5.74) is 0.316. The third-order valence-corrected chi connectivity index (χ3v) is 7.75. The molecule has 29 heavy (non-hydrogen) atoms. The molecule has 1 aromatic carbocycles. The molecule has 0 bridgehead atoms. The lowest BCUT2D eigenvalue weighted by molar-refractivity contribution is -0.126. The quantitative estimate of drug-likeness (QED) is 0.756. The highest BCUT2D eigenvalue weighted by atomic mass is 35.5. The van der Waals surface area contributed by atoms with Gasteiger partial charge in [0.25, 0.3) is 0 Å². The van der Waals surface area contributed by atoms with Crippen molar-refractivity contribution in [2.45, 2.75) is 63.2 Å². The van der Waals surface area contributed by atoms with E-state index in [9.17, 15) is 13.2 Å². The fourth-order valence-corrected chi connectivity index (χ4v) is 5.66. The summed E-state index contributed by atoms with van der Waals surface area (Å²) in [5.74, 6) is -0.222. The summed E-state index contributed by atoms with van der Waals surface area (Å²) in [6, 6.07) is 4.10. The largest absolute Gasteiger partial charge is 0.373 e. The summed E-state index contributed by atoms with van der Waals surface area (Å²) >= 11 is 6.26. The number of morpholine rings is 1. The van der Waals surface area contributed by atoms with Gasteiger partial charge in [0.05, 0.1) is 33.9 Å². The molecule has 1 aromatic rings. The van der Waals surface area contributed by atoms with Crippen LogP contribution in [0.5, 0.6) is 0 Å². The monoisotopic (exact) mass is 443 g/mol. The maximum atomic E-state index is 12.9. The minimum atomic E-state index is -3.60. The summed E-state index contributed by atoms with van der Waals surface area (Å²) < 4.78 is 33.1. The van der Waals surface area contributed by atoms with Gasteiger partial charge in [0.2, 0.25) is 15.9 Å². The lowest BCUT2D eigenvalue weighted by Gasteiger charge is -2.38. The van der Waals surface area contributed by atoms with Crippen LogP contribution in [0.25, 0.3) is 0 Å². The van der Waals surface area contributed by atoms with Crippen molar-refractivity contribution < 1.29 is 17.9 Å². The lowest BCUT2D eigenvalue weighted by Crippen LogP contribution is -2.52. The van der Waals surface area contributed by atoms with Crippen LogP contribution in [-0.4, -0.2) is 68.0 Å². The third kappa shape index (κ3) is 5.30. The highest BCUT2D eigenvalue weighted by Crippen LogP contribution is 2.28. The lowest BCUT2D eigenvalue weighted by atomic mass is 10.1. The molecule has 2 saturated heterocycles. The van der Waals surface area contributed by atoms with E-state index in [-0.39, 0.29) is 29.1 Å². The molecule has 1 N–H and O–H groups in total. The number of ether oxygens (including phenoxy) is 1. The number of carbonyl (C=O) groups is 1. The van der Waals surface area contributed by atoms with E-state index in [0.717, 1.165) is 19.3 Å². The van der Waals surface area contributed by atoms with Gasteiger partial charge in [-0.25, -0.2) is 8.42 Å².